The molecule has 23 nitrogen and oxygen atoms in total. The maximum Gasteiger partial charge on any atom is 0.243 e. The minimum Gasteiger partial charge on any atom is -0.370 e. The minimum atomic E-state index is -1.29. The molecule has 1 heterocycles. The van der Waals surface area contributed by atoms with Crippen LogP contribution in [0.25, 0.3) is 10.9 Å². The highest BCUT2D eigenvalue weighted by atomic mass is 16.2. The number of para-hydroxylation sites is 1. The van der Waals surface area contributed by atoms with Crippen LogP contribution in [0.1, 0.15) is 174 Å². The molecule has 1 aromatic heterocycles. The zero-order valence-electron chi connectivity index (χ0n) is 47.0. The highest BCUT2D eigenvalue weighted by Crippen LogP contribution is 2.20. The number of amides is 7. The second kappa shape index (κ2) is 39.8. The Bertz CT molecular complexity index is 2160. The van der Waals surface area contributed by atoms with E-state index < -0.39 is 77.6 Å². The molecule has 21 N–H and O–H groups in total. The van der Waals surface area contributed by atoms with Gasteiger partial charge in [0, 0.05) is 43.0 Å². The quantitative estimate of drug-likeness (QED) is 0.0258. The average molecular weight is 1100 g/mol. The van der Waals surface area contributed by atoms with Gasteiger partial charge < -0.3 is 77.0 Å². The van der Waals surface area contributed by atoms with Gasteiger partial charge in [-0.25, -0.2) is 0 Å². The predicted molar refractivity (Wildman–Crippen MR) is 309 cm³/mol. The lowest BCUT2D eigenvalue weighted by Crippen LogP contribution is -2.60. The standard InChI is InChI=1S/C55H98N16O7/c1-4-6-7-8-9-10-11-12-13-14-15-30-46(72)66-42(26-18-20-31-56)51(76)71-47(37(3)5-2)53(78)69-43(27-19-21-32-57)49(74)68-44(29-23-34-64-55(61)62)50(75)70-45(35-38-36-65-40-25-17-16-24-39(38)40)52(77)67-41(48(58)73)28-22-33-63-54(59)60/h16-17,24-25,36-37,41-45,47,65H,4-15,18-23,26-35,56-57H2,1-3H3,(H2,58,73)(H,66,72)(H,67,77)(H,68,74)(H,69,78)(H,70,75)(H,71,76)(H4,59,60,63)(H4,61,62,64)/t37-,41-,42-,43-,44-,45-,47-/m0/s1. The van der Waals surface area contributed by atoms with E-state index in [1.54, 1.807) is 13.1 Å². The van der Waals surface area contributed by atoms with Crippen LogP contribution in [0.4, 0.5) is 0 Å². The molecule has 0 spiro atoms. The molecular formula is C55H98N16O7. The molecule has 0 bridgehead atoms. The third kappa shape index (κ3) is 27.7. The van der Waals surface area contributed by atoms with E-state index in [1.807, 2.05) is 31.2 Å². The molecule has 0 aliphatic heterocycles. The zero-order chi connectivity index (χ0) is 57.7. The molecule has 0 aliphatic rings. The molecule has 0 saturated carbocycles. The largest absolute Gasteiger partial charge is 0.370 e. The highest BCUT2D eigenvalue weighted by molar-refractivity contribution is 5.97. The number of primary amides is 1. The Kier molecular flexibility index (Phi) is 34.5. The highest BCUT2D eigenvalue weighted by Gasteiger charge is 2.35. The van der Waals surface area contributed by atoms with E-state index in [-0.39, 0.29) is 69.4 Å². The van der Waals surface area contributed by atoms with Gasteiger partial charge >= 0.3 is 0 Å². The number of aromatic amines is 1. The van der Waals surface area contributed by atoms with Crippen LogP contribution < -0.4 is 72.0 Å². The van der Waals surface area contributed by atoms with Crippen LogP contribution in [0.15, 0.2) is 40.4 Å². The fourth-order valence-corrected chi connectivity index (χ4v) is 9.06. The number of aliphatic imine (C=N–C) groups is 2. The van der Waals surface area contributed by atoms with Crippen molar-refractivity contribution < 1.29 is 33.6 Å². The third-order valence-corrected chi connectivity index (χ3v) is 13.9. The number of fused-ring (bicyclic) bond motifs is 1. The smallest absolute Gasteiger partial charge is 0.243 e. The number of carbonyl (C=O) groups is 7. The van der Waals surface area contributed by atoms with Crippen molar-refractivity contribution >= 4 is 64.2 Å². The summed E-state index contributed by atoms with van der Waals surface area (Å²) in [5.74, 6) is -5.11. The van der Waals surface area contributed by atoms with E-state index in [2.05, 4.69) is 53.8 Å². The molecule has 0 saturated heterocycles. The molecule has 7 atom stereocenters. The first-order valence-corrected chi connectivity index (χ1v) is 28.6. The lowest BCUT2D eigenvalue weighted by Gasteiger charge is -2.29. The summed E-state index contributed by atoms with van der Waals surface area (Å²) in [7, 11) is 0. The number of benzene rings is 1. The van der Waals surface area contributed by atoms with Gasteiger partial charge in [0.25, 0.3) is 0 Å². The van der Waals surface area contributed by atoms with Gasteiger partial charge in [-0.1, -0.05) is 110 Å². The Morgan fingerprint density at radius 3 is 1.49 bits per heavy atom. The number of carbonyl (C=O) groups excluding carboxylic acids is 7. The van der Waals surface area contributed by atoms with Crippen LogP contribution in [0.5, 0.6) is 0 Å². The summed E-state index contributed by atoms with van der Waals surface area (Å²) in [5, 5.41) is 17.7. The molecular weight excluding hydrogens is 997 g/mol. The Hall–Kier alpha value is -6.49. The number of nitrogens with two attached hydrogens (primary N) is 7. The van der Waals surface area contributed by atoms with E-state index in [9.17, 15) is 33.6 Å². The summed E-state index contributed by atoms with van der Waals surface area (Å²) in [6, 6.07) is 0.446. The number of hydrogen-bond donors (Lipinski definition) is 14. The first-order chi connectivity index (χ1) is 37.4. The molecule has 440 valence electrons. The second-order valence-corrected chi connectivity index (χ2v) is 20.5. The predicted octanol–water partition coefficient (Wildman–Crippen LogP) is 2.22. The molecule has 0 aliphatic carbocycles. The van der Waals surface area contributed by atoms with Crippen molar-refractivity contribution in [3.05, 3.63) is 36.0 Å². The normalized spacial score (nSPS) is 13.9. The van der Waals surface area contributed by atoms with Gasteiger partial charge in [-0.2, -0.15) is 0 Å². The van der Waals surface area contributed by atoms with Gasteiger partial charge in [0.1, 0.15) is 36.3 Å². The van der Waals surface area contributed by atoms with E-state index >= 15 is 0 Å². The van der Waals surface area contributed by atoms with Crippen LogP contribution in [0.2, 0.25) is 0 Å². The van der Waals surface area contributed by atoms with Crippen molar-refractivity contribution in [2.24, 2.45) is 56.0 Å². The van der Waals surface area contributed by atoms with E-state index in [1.165, 1.54) is 44.9 Å². The summed E-state index contributed by atoms with van der Waals surface area (Å²) in [4.78, 5) is 109. The van der Waals surface area contributed by atoms with Crippen LogP contribution in [0, 0.1) is 5.92 Å². The van der Waals surface area contributed by atoms with Crippen LogP contribution in [-0.2, 0) is 40.0 Å². The maximum absolute atomic E-state index is 14.5. The van der Waals surface area contributed by atoms with Crippen molar-refractivity contribution in [1.29, 1.82) is 0 Å². The van der Waals surface area contributed by atoms with Crippen molar-refractivity contribution in [1.82, 2.24) is 36.9 Å². The molecule has 2 aromatic rings. The Balaban J connectivity index is 2.37. The van der Waals surface area contributed by atoms with Gasteiger partial charge in [0.2, 0.25) is 41.4 Å². The number of H-pyrrole nitrogens is 1. The Labute approximate surface area is 462 Å². The monoisotopic (exact) mass is 1090 g/mol. The van der Waals surface area contributed by atoms with Gasteiger partial charge in [0.05, 0.1) is 0 Å². The van der Waals surface area contributed by atoms with Crippen molar-refractivity contribution in [3.63, 3.8) is 0 Å². The summed E-state index contributed by atoms with van der Waals surface area (Å²) in [5.41, 5.74) is 40.9. The van der Waals surface area contributed by atoms with Gasteiger partial charge in [-0.3, -0.25) is 43.5 Å². The number of nitrogens with zero attached hydrogens (tertiary/aromatic N) is 2. The lowest BCUT2D eigenvalue weighted by molar-refractivity contribution is -0.136. The first kappa shape index (κ1) is 67.6. The molecule has 7 amide bonds. The molecule has 0 unspecified atom stereocenters. The van der Waals surface area contributed by atoms with Gasteiger partial charge in [-0.15, -0.1) is 0 Å². The van der Waals surface area contributed by atoms with Crippen molar-refractivity contribution in [2.75, 3.05) is 26.2 Å². The molecule has 1 aromatic carbocycles. The topological polar surface area (TPSA) is 414 Å². The number of aromatic nitrogens is 1. The molecule has 0 radical (unpaired) electrons. The minimum absolute atomic E-state index is 0.00395. The summed E-state index contributed by atoms with van der Waals surface area (Å²) in [6.45, 7) is 6.89. The SMILES string of the molecule is CCCCCCCCCCCCCC(=O)N[C@@H](CCCCN)C(=O)N[C@H](C(=O)N[C@@H](CCCCN)C(=O)N[C@@H](CCCN=C(N)N)C(=O)N[C@@H](Cc1c[nH]c2ccccc12)C(=O)N[C@@H](CCCN=C(N)N)C(N)=O)[C@@H](C)CC. The second-order valence-electron chi connectivity index (χ2n) is 20.5. The van der Waals surface area contributed by atoms with E-state index in [4.69, 9.17) is 40.1 Å². The number of rotatable bonds is 44. The first-order valence-electron chi connectivity index (χ1n) is 28.6. The van der Waals surface area contributed by atoms with E-state index in [0.29, 0.717) is 70.0 Å². The van der Waals surface area contributed by atoms with Crippen molar-refractivity contribution in [2.45, 2.75) is 211 Å². The Morgan fingerprint density at radius 2 is 0.962 bits per heavy atom. The van der Waals surface area contributed by atoms with Crippen molar-refractivity contribution in [3.8, 4) is 0 Å². The molecule has 2 rings (SSSR count). The third-order valence-electron chi connectivity index (χ3n) is 13.9. The van der Waals surface area contributed by atoms with E-state index in [0.717, 1.165) is 30.2 Å². The van der Waals surface area contributed by atoms with Gasteiger partial charge in [-0.05, 0) is 101 Å². The lowest BCUT2D eigenvalue weighted by atomic mass is 9.96. The fourth-order valence-electron chi connectivity index (χ4n) is 9.06. The molecule has 0 fully saturated rings. The summed E-state index contributed by atoms with van der Waals surface area (Å²) < 4.78 is 0. The summed E-state index contributed by atoms with van der Waals surface area (Å²) >= 11 is 0. The van der Waals surface area contributed by atoms with Crippen LogP contribution >= 0.6 is 0 Å². The number of unbranched alkanes of at least 4 members (excludes halogenated alkanes) is 12. The molecule has 78 heavy (non-hydrogen) atoms. The van der Waals surface area contributed by atoms with Crippen LogP contribution in [0.3, 0.4) is 0 Å². The van der Waals surface area contributed by atoms with Gasteiger partial charge in [0.15, 0.2) is 11.9 Å². The Morgan fingerprint density at radius 1 is 0.513 bits per heavy atom. The number of nitrogens with one attached hydrogen (secondary N) is 7. The number of guanidine groups is 2. The maximum atomic E-state index is 14.5. The zero-order valence-corrected chi connectivity index (χ0v) is 47.0. The average Bonchev–Trinajstić information content (AvgIpc) is 3.82. The number of hydrogen-bond acceptors (Lipinski definition) is 11. The summed E-state index contributed by atoms with van der Waals surface area (Å²) in [6.07, 6.45) is 18.2. The fraction of sp³-hybridized carbons (Fsp3) is 0.691. The van der Waals surface area contributed by atoms with Crippen LogP contribution in [-0.4, -0.2) is 121 Å². The molecule has 23 heteroatoms.